The molecule has 0 atom stereocenters. The number of aromatic nitrogens is 1. The minimum absolute atomic E-state index is 0.0823. The van der Waals surface area contributed by atoms with Crippen LogP contribution in [0.3, 0.4) is 0 Å². The third kappa shape index (κ3) is 3.66. The zero-order chi connectivity index (χ0) is 13.7. The SMILES string of the molecule is OCCc1ccc(Oc2ccc(Cl)c(CF)c2)nc1. The van der Waals surface area contributed by atoms with Crippen molar-refractivity contribution in [1.29, 1.82) is 0 Å². The molecular weight excluding hydrogens is 269 g/mol. The summed E-state index contributed by atoms with van der Waals surface area (Å²) >= 11 is 5.82. The number of pyridine rings is 1. The molecule has 1 aromatic carbocycles. The van der Waals surface area contributed by atoms with E-state index in [2.05, 4.69) is 4.98 Å². The predicted octanol–water partition coefficient (Wildman–Crippen LogP) is 3.53. The number of hydrogen-bond donors (Lipinski definition) is 1. The Morgan fingerprint density at radius 3 is 2.74 bits per heavy atom. The predicted molar refractivity (Wildman–Crippen MR) is 71.4 cm³/mol. The monoisotopic (exact) mass is 281 g/mol. The van der Waals surface area contributed by atoms with Crippen molar-refractivity contribution in [3.05, 3.63) is 52.7 Å². The van der Waals surface area contributed by atoms with E-state index in [1.807, 2.05) is 6.07 Å². The van der Waals surface area contributed by atoms with E-state index in [9.17, 15) is 4.39 Å². The van der Waals surface area contributed by atoms with Gasteiger partial charge in [-0.05, 0) is 30.2 Å². The molecule has 1 heterocycles. The van der Waals surface area contributed by atoms with Gasteiger partial charge in [0, 0.05) is 29.5 Å². The van der Waals surface area contributed by atoms with Crippen molar-refractivity contribution < 1.29 is 14.2 Å². The maximum Gasteiger partial charge on any atom is 0.219 e. The number of halogens is 2. The highest BCUT2D eigenvalue weighted by Crippen LogP contribution is 2.26. The van der Waals surface area contributed by atoms with Crippen LogP contribution < -0.4 is 4.74 Å². The van der Waals surface area contributed by atoms with Crippen LogP contribution >= 0.6 is 11.6 Å². The summed E-state index contributed by atoms with van der Waals surface area (Å²) in [4.78, 5) is 4.11. The number of aliphatic hydroxyl groups excluding tert-OH is 1. The van der Waals surface area contributed by atoms with Gasteiger partial charge in [-0.2, -0.15) is 0 Å². The van der Waals surface area contributed by atoms with Crippen LogP contribution in [0.4, 0.5) is 4.39 Å². The Morgan fingerprint density at radius 2 is 2.11 bits per heavy atom. The topological polar surface area (TPSA) is 42.4 Å². The summed E-state index contributed by atoms with van der Waals surface area (Å²) in [5.41, 5.74) is 1.31. The summed E-state index contributed by atoms with van der Waals surface area (Å²) in [7, 11) is 0. The van der Waals surface area contributed by atoms with E-state index in [1.165, 1.54) is 0 Å². The van der Waals surface area contributed by atoms with Gasteiger partial charge in [0.25, 0.3) is 0 Å². The number of ether oxygens (including phenoxy) is 1. The average molecular weight is 282 g/mol. The molecule has 0 aliphatic heterocycles. The fourth-order valence-electron chi connectivity index (χ4n) is 1.59. The number of benzene rings is 1. The summed E-state index contributed by atoms with van der Waals surface area (Å²) in [6.45, 7) is -0.558. The summed E-state index contributed by atoms with van der Waals surface area (Å²) < 4.78 is 18.2. The van der Waals surface area contributed by atoms with Crippen LogP contribution in [0.25, 0.3) is 0 Å². The van der Waals surface area contributed by atoms with Gasteiger partial charge < -0.3 is 9.84 Å². The third-order valence-electron chi connectivity index (χ3n) is 2.58. The van der Waals surface area contributed by atoms with E-state index in [0.717, 1.165) is 5.56 Å². The molecule has 0 fully saturated rings. The highest BCUT2D eigenvalue weighted by atomic mass is 35.5. The van der Waals surface area contributed by atoms with Gasteiger partial charge >= 0.3 is 0 Å². The lowest BCUT2D eigenvalue weighted by atomic mass is 10.2. The average Bonchev–Trinajstić information content (AvgIpc) is 2.43. The summed E-state index contributed by atoms with van der Waals surface area (Å²) in [5, 5.41) is 9.18. The van der Waals surface area contributed by atoms with Crippen LogP contribution in [0.1, 0.15) is 11.1 Å². The molecule has 0 unspecified atom stereocenters. The molecule has 0 aliphatic rings. The molecule has 0 spiro atoms. The van der Waals surface area contributed by atoms with Crippen LogP contribution in [-0.4, -0.2) is 16.7 Å². The standard InChI is InChI=1S/C14H13ClFNO2/c15-13-3-2-12(7-11(13)8-16)19-14-4-1-10(5-6-18)9-17-14/h1-4,7,9,18H,5-6,8H2. The summed E-state index contributed by atoms with van der Waals surface area (Å²) in [5.74, 6) is 0.897. The van der Waals surface area contributed by atoms with E-state index in [1.54, 1.807) is 30.5 Å². The van der Waals surface area contributed by atoms with Crippen molar-refractivity contribution in [2.75, 3.05) is 6.61 Å². The van der Waals surface area contributed by atoms with Gasteiger partial charge in [0.05, 0.1) is 0 Å². The fraction of sp³-hybridized carbons (Fsp3) is 0.214. The van der Waals surface area contributed by atoms with Crippen LogP contribution in [0.2, 0.25) is 5.02 Å². The Morgan fingerprint density at radius 1 is 1.26 bits per heavy atom. The Balaban J connectivity index is 2.12. The smallest absolute Gasteiger partial charge is 0.219 e. The second-order valence-corrected chi connectivity index (χ2v) is 4.37. The Hall–Kier alpha value is -1.65. The summed E-state index contributed by atoms with van der Waals surface area (Å²) in [6.07, 6.45) is 2.19. The summed E-state index contributed by atoms with van der Waals surface area (Å²) in [6, 6.07) is 8.32. The van der Waals surface area contributed by atoms with Gasteiger partial charge in [-0.15, -0.1) is 0 Å². The van der Waals surface area contributed by atoms with Crippen molar-refractivity contribution in [1.82, 2.24) is 4.98 Å². The Kier molecular flexibility index (Phi) is 4.71. The number of hydrogen-bond acceptors (Lipinski definition) is 3. The fourth-order valence-corrected chi connectivity index (χ4v) is 1.75. The molecule has 0 radical (unpaired) electrons. The van der Waals surface area contributed by atoms with Gasteiger partial charge in [-0.25, -0.2) is 9.37 Å². The molecule has 0 saturated heterocycles. The van der Waals surface area contributed by atoms with Gasteiger partial charge in [0.2, 0.25) is 5.88 Å². The third-order valence-corrected chi connectivity index (χ3v) is 2.95. The molecule has 2 aromatic rings. The highest BCUT2D eigenvalue weighted by molar-refractivity contribution is 6.31. The molecule has 1 aromatic heterocycles. The van der Waals surface area contributed by atoms with Crippen LogP contribution in [0.5, 0.6) is 11.6 Å². The first-order valence-electron chi connectivity index (χ1n) is 5.81. The van der Waals surface area contributed by atoms with Gasteiger partial charge in [0.1, 0.15) is 12.4 Å². The van der Waals surface area contributed by atoms with E-state index in [4.69, 9.17) is 21.4 Å². The molecule has 2 rings (SSSR count). The minimum atomic E-state index is -0.640. The molecule has 19 heavy (non-hydrogen) atoms. The lowest BCUT2D eigenvalue weighted by Crippen LogP contribution is -1.93. The van der Waals surface area contributed by atoms with Crippen LogP contribution in [-0.2, 0) is 13.1 Å². The first-order valence-corrected chi connectivity index (χ1v) is 6.18. The zero-order valence-corrected chi connectivity index (χ0v) is 10.9. The van der Waals surface area contributed by atoms with E-state index >= 15 is 0 Å². The number of alkyl halides is 1. The largest absolute Gasteiger partial charge is 0.439 e. The number of nitrogens with zero attached hydrogens (tertiary/aromatic N) is 1. The van der Waals surface area contributed by atoms with E-state index in [-0.39, 0.29) is 6.61 Å². The molecule has 1 N–H and O–H groups in total. The minimum Gasteiger partial charge on any atom is -0.439 e. The van der Waals surface area contributed by atoms with Crippen molar-refractivity contribution >= 4 is 11.6 Å². The molecule has 3 nitrogen and oxygen atoms in total. The second-order valence-electron chi connectivity index (χ2n) is 3.97. The molecular formula is C14H13ClFNO2. The molecule has 0 bridgehead atoms. The van der Waals surface area contributed by atoms with E-state index < -0.39 is 6.67 Å². The van der Waals surface area contributed by atoms with Gasteiger partial charge in [0.15, 0.2) is 0 Å². The van der Waals surface area contributed by atoms with Gasteiger partial charge in [-0.3, -0.25) is 0 Å². The van der Waals surface area contributed by atoms with Crippen molar-refractivity contribution in [2.24, 2.45) is 0 Å². The lowest BCUT2D eigenvalue weighted by molar-refractivity contribution is 0.299. The maximum absolute atomic E-state index is 12.7. The zero-order valence-electron chi connectivity index (χ0n) is 10.1. The Bertz CT molecular complexity index is 546. The molecule has 0 amide bonds. The van der Waals surface area contributed by atoms with Crippen molar-refractivity contribution in [3.63, 3.8) is 0 Å². The van der Waals surface area contributed by atoms with Crippen LogP contribution in [0, 0.1) is 0 Å². The van der Waals surface area contributed by atoms with Crippen molar-refractivity contribution in [3.8, 4) is 11.6 Å². The molecule has 0 saturated carbocycles. The number of aliphatic hydroxyl groups is 1. The molecule has 100 valence electrons. The first kappa shape index (κ1) is 13.8. The van der Waals surface area contributed by atoms with E-state index in [0.29, 0.717) is 28.6 Å². The highest BCUT2D eigenvalue weighted by Gasteiger charge is 2.04. The van der Waals surface area contributed by atoms with Crippen LogP contribution in [0.15, 0.2) is 36.5 Å². The number of rotatable bonds is 5. The first-order chi connectivity index (χ1) is 9.22. The van der Waals surface area contributed by atoms with Gasteiger partial charge in [-0.1, -0.05) is 17.7 Å². The molecule has 5 heteroatoms. The maximum atomic E-state index is 12.7. The lowest BCUT2D eigenvalue weighted by Gasteiger charge is -2.07. The normalized spacial score (nSPS) is 10.5. The Labute approximate surface area is 115 Å². The quantitative estimate of drug-likeness (QED) is 0.911. The molecule has 0 aliphatic carbocycles. The second kappa shape index (κ2) is 6.50. The van der Waals surface area contributed by atoms with Crippen molar-refractivity contribution in [2.45, 2.75) is 13.1 Å².